The van der Waals surface area contributed by atoms with E-state index >= 15 is 0 Å². The summed E-state index contributed by atoms with van der Waals surface area (Å²) < 4.78 is 0. The van der Waals surface area contributed by atoms with Gasteiger partial charge in [-0.15, -0.1) is 0 Å². The minimum atomic E-state index is -0.999. The Balaban J connectivity index is 2.19. The Kier molecular flexibility index (Phi) is 6.98. The summed E-state index contributed by atoms with van der Waals surface area (Å²) in [6.45, 7) is 1.73. The molecule has 5 heteroatoms. The number of aliphatic hydroxyl groups excluding tert-OH is 1. The lowest BCUT2D eigenvalue weighted by atomic mass is 10.2. The number of unbranched alkanes of at least 4 members (excludes halogenated alkanes) is 3. The molecule has 0 bridgehead atoms. The molecular formula is C13H20N2O3. The van der Waals surface area contributed by atoms with E-state index in [1.165, 1.54) is 6.07 Å². The smallest absolute Gasteiger partial charge is 0.354 e. The van der Waals surface area contributed by atoms with Crippen molar-refractivity contribution in [2.24, 2.45) is 0 Å². The van der Waals surface area contributed by atoms with E-state index in [4.69, 9.17) is 10.2 Å². The summed E-state index contributed by atoms with van der Waals surface area (Å²) in [7, 11) is 0. The van der Waals surface area contributed by atoms with Crippen molar-refractivity contribution >= 4 is 5.97 Å². The number of aromatic nitrogens is 1. The van der Waals surface area contributed by atoms with Crippen LogP contribution in [0.15, 0.2) is 18.2 Å². The van der Waals surface area contributed by atoms with Gasteiger partial charge < -0.3 is 15.5 Å². The normalized spacial score (nSPS) is 10.5. The van der Waals surface area contributed by atoms with E-state index in [-0.39, 0.29) is 12.3 Å². The largest absolute Gasteiger partial charge is 0.477 e. The van der Waals surface area contributed by atoms with Gasteiger partial charge in [-0.05, 0) is 31.5 Å². The lowest BCUT2D eigenvalue weighted by Crippen LogP contribution is -2.16. The van der Waals surface area contributed by atoms with Gasteiger partial charge in [0.1, 0.15) is 5.69 Å². The van der Waals surface area contributed by atoms with Gasteiger partial charge in [0.05, 0.1) is 5.69 Å². The molecule has 100 valence electrons. The molecule has 18 heavy (non-hydrogen) atoms. The molecule has 1 rings (SSSR count). The summed E-state index contributed by atoms with van der Waals surface area (Å²) in [6, 6.07) is 5.00. The number of nitrogens with zero attached hydrogens (tertiary/aromatic N) is 1. The van der Waals surface area contributed by atoms with E-state index in [0.717, 1.165) is 37.9 Å². The molecule has 0 fully saturated rings. The molecule has 0 spiro atoms. The van der Waals surface area contributed by atoms with Crippen LogP contribution in [-0.4, -0.2) is 34.3 Å². The zero-order valence-corrected chi connectivity index (χ0v) is 10.4. The minimum Gasteiger partial charge on any atom is -0.477 e. The maximum absolute atomic E-state index is 10.7. The van der Waals surface area contributed by atoms with Gasteiger partial charge in [-0.1, -0.05) is 18.9 Å². The van der Waals surface area contributed by atoms with E-state index in [9.17, 15) is 4.79 Å². The standard InChI is InChI=1S/C13H20N2O3/c16-9-4-2-1-3-8-14-10-11-6-5-7-12(15-11)13(17)18/h5-7,14,16H,1-4,8-10H2,(H,17,18). The molecule has 0 aliphatic rings. The zero-order valence-electron chi connectivity index (χ0n) is 10.4. The van der Waals surface area contributed by atoms with Gasteiger partial charge in [-0.25, -0.2) is 9.78 Å². The number of nitrogens with one attached hydrogen (secondary N) is 1. The molecule has 1 aromatic heterocycles. The molecule has 0 saturated carbocycles. The number of rotatable bonds is 9. The van der Waals surface area contributed by atoms with Crippen LogP contribution in [-0.2, 0) is 6.54 Å². The van der Waals surface area contributed by atoms with Crippen LogP contribution in [0.25, 0.3) is 0 Å². The first-order valence-electron chi connectivity index (χ1n) is 6.25. The molecule has 0 aliphatic heterocycles. The van der Waals surface area contributed by atoms with Gasteiger partial charge in [0.2, 0.25) is 0 Å². The van der Waals surface area contributed by atoms with Crippen molar-refractivity contribution < 1.29 is 15.0 Å². The van der Waals surface area contributed by atoms with E-state index in [2.05, 4.69) is 10.3 Å². The Labute approximate surface area is 107 Å². The highest BCUT2D eigenvalue weighted by Gasteiger charge is 2.04. The molecule has 1 aromatic rings. The summed E-state index contributed by atoms with van der Waals surface area (Å²) in [5.74, 6) is -0.999. The summed E-state index contributed by atoms with van der Waals surface area (Å²) in [5.41, 5.74) is 0.822. The number of carboxylic acids is 1. The summed E-state index contributed by atoms with van der Waals surface area (Å²) >= 11 is 0. The molecule has 0 saturated heterocycles. The van der Waals surface area contributed by atoms with E-state index in [1.807, 2.05) is 6.07 Å². The van der Waals surface area contributed by atoms with E-state index in [0.29, 0.717) is 6.54 Å². The molecule has 0 amide bonds. The van der Waals surface area contributed by atoms with Crippen molar-refractivity contribution in [3.63, 3.8) is 0 Å². The van der Waals surface area contributed by atoms with Crippen molar-refractivity contribution in [3.05, 3.63) is 29.6 Å². The second-order valence-electron chi connectivity index (χ2n) is 4.13. The van der Waals surface area contributed by atoms with E-state index in [1.54, 1.807) is 6.07 Å². The second-order valence-corrected chi connectivity index (χ2v) is 4.13. The minimum absolute atomic E-state index is 0.0808. The Morgan fingerprint density at radius 3 is 2.72 bits per heavy atom. The number of hydrogen-bond donors (Lipinski definition) is 3. The van der Waals surface area contributed by atoms with Gasteiger partial charge in [-0.2, -0.15) is 0 Å². The van der Waals surface area contributed by atoms with Crippen LogP contribution in [0.2, 0.25) is 0 Å². The Morgan fingerprint density at radius 1 is 1.22 bits per heavy atom. The number of carbonyl (C=O) groups is 1. The van der Waals surface area contributed by atoms with Crippen molar-refractivity contribution in [3.8, 4) is 0 Å². The quantitative estimate of drug-likeness (QED) is 0.579. The topological polar surface area (TPSA) is 82.5 Å². The average Bonchev–Trinajstić information content (AvgIpc) is 2.38. The highest BCUT2D eigenvalue weighted by Crippen LogP contribution is 2.01. The number of pyridine rings is 1. The third-order valence-electron chi connectivity index (χ3n) is 2.59. The Hall–Kier alpha value is -1.46. The number of aromatic carboxylic acids is 1. The number of hydrogen-bond acceptors (Lipinski definition) is 4. The van der Waals surface area contributed by atoms with Crippen molar-refractivity contribution in [1.29, 1.82) is 0 Å². The lowest BCUT2D eigenvalue weighted by Gasteiger charge is -2.05. The van der Waals surface area contributed by atoms with Crippen molar-refractivity contribution in [2.45, 2.75) is 32.2 Å². The van der Waals surface area contributed by atoms with Crippen LogP contribution in [0.4, 0.5) is 0 Å². The maximum atomic E-state index is 10.7. The highest BCUT2D eigenvalue weighted by molar-refractivity contribution is 5.85. The molecule has 1 heterocycles. The summed E-state index contributed by atoms with van der Waals surface area (Å²) in [5, 5.41) is 20.6. The molecule has 0 atom stereocenters. The monoisotopic (exact) mass is 252 g/mol. The first-order chi connectivity index (χ1) is 8.74. The van der Waals surface area contributed by atoms with E-state index < -0.39 is 5.97 Å². The fraction of sp³-hybridized carbons (Fsp3) is 0.538. The molecule has 0 radical (unpaired) electrons. The van der Waals surface area contributed by atoms with Crippen LogP contribution in [0.1, 0.15) is 41.9 Å². The maximum Gasteiger partial charge on any atom is 0.354 e. The molecule has 3 N–H and O–H groups in total. The summed E-state index contributed by atoms with van der Waals surface area (Å²) in [6.07, 6.45) is 4.06. The second kappa shape index (κ2) is 8.60. The van der Waals surface area contributed by atoms with Gasteiger partial charge in [0.15, 0.2) is 0 Å². The van der Waals surface area contributed by atoms with Gasteiger partial charge in [-0.3, -0.25) is 0 Å². The van der Waals surface area contributed by atoms with Crippen molar-refractivity contribution in [2.75, 3.05) is 13.2 Å². The van der Waals surface area contributed by atoms with Crippen LogP contribution in [0.3, 0.4) is 0 Å². The fourth-order valence-electron chi connectivity index (χ4n) is 1.63. The summed E-state index contributed by atoms with van der Waals surface area (Å²) in [4.78, 5) is 14.8. The van der Waals surface area contributed by atoms with Gasteiger partial charge in [0, 0.05) is 13.2 Å². The SMILES string of the molecule is O=C(O)c1cccc(CNCCCCCCO)n1. The van der Waals surface area contributed by atoms with Crippen LogP contribution < -0.4 is 5.32 Å². The van der Waals surface area contributed by atoms with Crippen LogP contribution >= 0.6 is 0 Å². The van der Waals surface area contributed by atoms with Gasteiger partial charge >= 0.3 is 5.97 Å². The first kappa shape index (κ1) is 14.6. The molecule has 0 unspecified atom stereocenters. The molecule has 5 nitrogen and oxygen atoms in total. The molecule has 0 aliphatic carbocycles. The fourth-order valence-corrected chi connectivity index (χ4v) is 1.63. The molecule has 0 aromatic carbocycles. The average molecular weight is 252 g/mol. The first-order valence-corrected chi connectivity index (χ1v) is 6.25. The number of aliphatic hydroxyl groups is 1. The third-order valence-corrected chi connectivity index (χ3v) is 2.59. The third kappa shape index (κ3) is 5.75. The highest BCUT2D eigenvalue weighted by atomic mass is 16.4. The van der Waals surface area contributed by atoms with Crippen molar-refractivity contribution in [1.82, 2.24) is 10.3 Å². The number of carboxylic acid groups (broad SMARTS) is 1. The molecular weight excluding hydrogens is 232 g/mol. The zero-order chi connectivity index (χ0) is 13.2. The van der Waals surface area contributed by atoms with Crippen LogP contribution in [0.5, 0.6) is 0 Å². The lowest BCUT2D eigenvalue weighted by molar-refractivity contribution is 0.0690. The predicted molar refractivity (Wildman–Crippen MR) is 68.5 cm³/mol. The predicted octanol–water partition coefficient (Wildman–Crippen LogP) is 1.42. The Bertz CT molecular complexity index is 369. The van der Waals surface area contributed by atoms with Crippen LogP contribution in [0, 0.1) is 0 Å². The van der Waals surface area contributed by atoms with Gasteiger partial charge in [0.25, 0.3) is 0 Å². The Morgan fingerprint density at radius 2 is 2.00 bits per heavy atom.